The molecule has 0 saturated heterocycles. The minimum Gasteiger partial charge on any atom is -0.544 e. The Bertz CT molecular complexity index is 1410. The molecular weight excluding hydrogens is 799 g/mol. The van der Waals surface area contributed by atoms with Crippen LogP contribution < -0.4 is 5.11 Å². The van der Waals surface area contributed by atoms with Crippen LogP contribution in [-0.2, 0) is 28.6 Å². The van der Waals surface area contributed by atoms with Gasteiger partial charge in [0.15, 0.2) is 6.10 Å². The zero-order valence-corrected chi connectivity index (χ0v) is 41.2. The third-order valence-electron chi connectivity index (χ3n) is 10.5. The Balaban J connectivity index is 4.42. The van der Waals surface area contributed by atoms with E-state index >= 15 is 0 Å². The molecule has 0 N–H and O–H groups in total. The van der Waals surface area contributed by atoms with Gasteiger partial charge in [0.2, 0.25) is 0 Å². The van der Waals surface area contributed by atoms with Crippen molar-refractivity contribution in [3.8, 4) is 0 Å². The van der Waals surface area contributed by atoms with Gasteiger partial charge in [-0.25, -0.2) is 0 Å². The van der Waals surface area contributed by atoms with Gasteiger partial charge in [-0.15, -0.1) is 0 Å². The number of likely N-dealkylation sites (N-methyl/N-ethyl adjacent to an activating group) is 1. The lowest BCUT2D eigenvalue weighted by atomic mass is 10.1. The van der Waals surface area contributed by atoms with E-state index in [0.29, 0.717) is 12.8 Å². The molecule has 0 aromatic heterocycles. The third-order valence-corrected chi connectivity index (χ3v) is 10.5. The highest BCUT2D eigenvalue weighted by molar-refractivity contribution is 5.70. The summed E-state index contributed by atoms with van der Waals surface area (Å²) >= 11 is 0. The highest BCUT2D eigenvalue weighted by Gasteiger charge is 2.25. The fourth-order valence-electron chi connectivity index (χ4n) is 6.60. The van der Waals surface area contributed by atoms with Crippen LogP contribution in [0.2, 0.25) is 0 Å². The summed E-state index contributed by atoms with van der Waals surface area (Å²) in [5, 5.41) is 11.7. The first-order valence-electron chi connectivity index (χ1n) is 24.9. The molecule has 2 unspecified atom stereocenters. The van der Waals surface area contributed by atoms with Crippen LogP contribution in [0.3, 0.4) is 0 Å². The van der Waals surface area contributed by atoms with Crippen molar-refractivity contribution in [1.82, 2.24) is 0 Å². The summed E-state index contributed by atoms with van der Waals surface area (Å²) in [7, 11) is 5.38. The minimum absolute atomic E-state index is 0.0126. The number of rotatable bonds is 43. The number of ether oxygens (including phenoxy) is 3. The SMILES string of the molecule is CC/C=C/C/C=C/C/C=C/C/C=C/C/C=C/C/C=C/CCCCCC(=O)OC(COCCC(C(=O)[O-])[N+](C)(C)C)COC(=O)CCCCCCC/C=C/C=C/C=C/CCCCCCC. The molecule has 0 bridgehead atoms. The number of carbonyl (C=O) groups is 3. The Morgan fingerprint density at radius 3 is 1.44 bits per heavy atom. The van der Waals surface area contributed by atoms with E-state index in [1.807, 2.05) is 0 Å². The van der Waals surface area contributed by atoms with Crippen molar-refractivity contribution in [2.75, 3.05) is 41.0 Å². The van der Waals surface area contributed by atoms with Crippen molar-refractivity contribution in [3.05, 3.63) is 109 Å². The fourth-order valence-corrected chi connectivity index (χ4v) is 6.60. The van der Waals surface area contributed by atoms with Gasteiger partial charge in [0.25, 0.3) is 0 Å². The standard InChI is InChI=1S/C56H91NO7/c1-6-8-10-12-14-16-18-20-22-24-26-27-28-29-31-33-35-37-39-41-43-45-47-55(59)64-52(50-62-49-48-53(56(60)61)57(3,4)5)51-63-54(58)46-44-42-40-38-36-34-32-30-25-23-21-19-17-15-13-11-9-7-2/h8,10,14,16,19-23,25-27,29-32,35,37,52-53H,6-7,9,11-13,15,17-18,24,28,33-34,36,38-51H2,1-5H3/b10-8+,16-14+,21-19+,22-20+,25-23+,27-26+,31-29+,32-30+,37-35+. The van der Waals surface area contributed by atoms with Gasteiger partial charge in [-0.1, -0.05) is 175 Å². The van der Waals surface area contributed by atoms with Crippen LogP contribution in [0.5, 0.6) is 0 Å². The maximum absolute atomic E-state index is 12.8. The number of hydrogen-bond donors (Lipinski definition) is 0. The van der Waals surface area contributed by atoms with Crippen LogP contribution in [0.4, 0.5) is 0 Å². The summed E-state index contributed by atoms with van der Waals surface area (Å²) in [6, 6.07) is -0.743. The van der Waals surface area contributed by atoms with E-state index < -0.39 is 18.1 Å². The molecule has 0 saturated carbocycles. The van der Waals surface area contributed by atoms with Gasteiger partial charge in [-0.3, -0.25) is 9.59 Å². The van der Waals surface area contributed by atoms with Gasteiger partial charge >= 0.3 is 11.9 Å². The maximum Gasteiger partial charge on any atom is 0.306 e. The summed E-state index contributed by atoms with van der Waals surface area (Å²) in [5.41, 5.74) is 0. The number of carboxylic acids is 1. The zero-order valence-electron chi connectivity index (χ0n) is 41.2. The molecule has 362 valence electrons. The van der Waals surface area contributed by atoms with Crippen molar-refractivity contribution in [1.29, 1.82) is 0 Å². The first-order chi connectivity index (χ1) is 31.1. The summed E-state index contributed by atoms with van der Waals surface area (Å²) in [4.78, 5) is 37.0. The summed E-state index contributed by atoms with van der Waals surface area (Å²) in [6.07, 6.45) is 62.6. The molecule has 0 aliphatic heterocycles. The lowest BCUT2D eigenvalue weighted by Gasteiger charge is -2.34. The van der Waals surface area contributed by atoms with Gasteiger partial charge < -0.3 is 28.6 Å². The van der Waals surface area contributed by atoms with Crippen molar-refractivity contribution >= 4 is 17.9 Å². The zero-order chi connectivity index (χ0) is 47.0. The highest BCUT2D eigenvalue weighted by Crippen LogP contribution is 2.12. The number of unbranched alkanes of at least 4 members (excludes halogenated alkanes) is 13. The molecule has 0 aromatic carbocycles. The number of carboxylic acid groups (broad SMARTS) is 1. The molecular formula is C56H91NO7. The Labute approximate surface area is 391 Å². The van der Waals surface area contributed by atoms with Crippen molar-refractivity contribution in [2.24, 2.45) is 0 Å². The van der Waals surface area contributed by atoms with Crippen molar-refractivity contribution in [3.63, 3.8) is 0 Å². The molecule has 8 heteroatoms. The Hall–Kier alpha value is -4.01. The van der Waals surface area contributed by atoms with Gasteiger partial charge in [-0.2, -0.15) is 0 Å². The molecule has 0 radical (unpaired) electrons. The number of nitrogens with zero attached hydrogens (tertiary/aromatic N) is 1. The Morgan fingerprint density at radius 1 is 0.500 bits per heavy atom. The molecule has 2 atom stereocenters. The van der Waals surface area contributed by atoms with Crippen LogP contribution >= 0.6 is 0 Å². The van der Waals surface area contributed by atoms with E-state index in [1.54, 1.807) is 21.1 Å². The summed E-state index contributed by atoms with van der Waals surface area (Å²) < 4.78 is 17.2. The third kappa shape index (κ3) is 43.3. The first kappa shape index (κ1) is 60.0. The Kier molecular flexibility index (Phi) is 42.7. The normalized spacial score (nSPS) is 13.8. The fraction of sp³-hybridized carbons (Fsp3) is 0.625. The lowest BCUT2D eigenvalue weighted by Crippen LogP contribution is -2.55. The second kappa shape index (κ2) is 45.6. The number of aliphatic carboxylic acids is 1. The van der Waals surface area contributed by atoms with Crippen LogP contribution in [0, 0.1) is 0 Å². The van der Waals surface area contributed by atoms with Gasteiger partial charge in [0.1, 0.15) is 12.6 Å². The van der Waals surface area contributed by atoms with E-state index in [1.165, 1.54) is 32.1 Å². The number of esters is 2. The van der Waals surface area contributed by atoms with Crippen LogP contribution in [0.15, 0.2) is 109 Å². The summed E-state index contributed by atoms with van der Waals surface area (Å²) in [5.74, 6) is -1.82. The Morgan fingerprint density at radius 2 is 0.938 bits per heavy atom. The molecule has 0 rings (SSSR count). The van der Waals surface area contributed by atoms with Gasteiger partial charge in [0, 0.05) is 19.3 Å². The van der Waals surface area contributed by atoms with E-state index in [-0.39, 0.29) is 49.1 Å². The molecule has 0 aliphatic carbocycles. The quantitative estimate of drug-likeness (QED) is 0.0197. The molecule has 0 fully saturated rings. The molecule has 0 aliphatic rings. The van der Waals surface area contributed by atoms with Crippen LogP contribution in [0.25, 0.3) is 0 Å². The van der Waals surface area contributed by atoms with Crippen molar-refractivity contribution in [2.45, 2.75) is 187 Å². The number of quaternary nitrogens is 1. The second-order valence-corrected chi connectivity index (χ2v) is 17.4. The highest BCUT2D eigenvalue weighted by atomic mass is 16.6. The van der Waals surface area contributed by atoms with Crippen LogP contribution in [-0.4, -0.2) is 75.5 Å². The average molecular weight is 890 g/mol. The monoisotopic (exact) mass is 890 g/mol. The van der Waals surface area contributed by atoms with Crippen molar-refractivity contribution < 1.29 is 38.2 Å². The van der Waals surface area contributed by atoms with E-state index in [0.717, 1.165) is 103 Å². The number of carbonyl (C=O) groups excluding carboxylic acids is 3. The lowest BCUT2D eigenvalue weighted by molar-refractivity contribution is -0.889. The number of hydrogen-bond acceptors (Lipinski definition) is 7. The molecule has 64 heavy (non-hydrogen) atoms. The molecule has 0 amide bonds. The molecule has 0 spiro atoms. The predicted octanol–water partition coefficient (Wildman–Crippen LogP) is 13.1. The van der Waals surface area contributed by atoms with E-state index in [4.69, 9.17) is 14.2 Å². The molecule has 8 nitrogen and oxygen atoms in total. The minimum atomic E-state index is -1.14. The largest absolute Gasteiger partial charge is 0.544 e. The summed E-state index contributed by atoms with van der Waals surface area (Å²) in [6.45, 7) is 4.46. The van der Waals surface area contributed by atoms with Gasteiger partial charge in [0.05, 0.1) is 40.3 Å². The molecule has 0 aromatic rings. The van der Waals surface area contributed by atoms with E-state index in [9.17, 15) is 19.5 Å². The van der Waals surface area contributed by atoms with Crippen LogP contribution in [0.1, 0.15) is 174 Å². The van der Waals surface area contributed by atoms with E-state index in [2.05, 4.69) is 123 Å². The predicted molar refractivity (Wildman–Crippen MR) is 268 cm³/mol. The van der Waals surface area contributed by atoms with Gasteiger partial charge in [-0.05, 0) is 89.9 Å². The topological polar surface area (TPSA) is 102 Å². The first-order valence-corrected chi connectivity index (χ1v) is 24.9. The second-order valence-electron chi connectivity index (χ2n) is 17.4. The molecule has 0 heterocycles. The smallest absolute Gasteiger partial charge is 0.306 e. The maximum atomic E-state index is 12.8. The average Bonchev–Trinajstić information content (AvgIpc) is 3.26. The number of allylic oxidation sites excluding steroid dienone is 18.